The molecule has 5 heteroatoms. The van der Waals surface area contributed by atoms with Gasteiger partial charge in [0.25, 0.3) is 0 Å². The second-order valence-electron chi connectivity index (χ2n) is 4.94. The van der Waals surface area contributed by atoms with E-state index in [-0.39, 0.29) is 10.9 Å². The molecule has 0 radical (unpaired) electrons. The molecule has 0 unspecified atom stereocenters. The first-order valence-corrected chi connectivity index (χ1v) is 8.08. The maximum Gasteiger partial charge on any atom is 0.240 e. The smallest absolute Gasteiger partial charge is 0.208 e. The molecule has 1 N–H and O–H groups in total. The van der Waals surface area contributed by atoms with Gasteiger partial charge in [-0.05, 0) is 30.5 Å². The van der Waals surface area contributed by atoms with Crippen LogP contribution in [-0.2, 0) is 16.4 Å². The van der Waals surface area contributed by atoms with Crippen molar-refractivity contribution < 1.29 is 8.42 Å². The zero-order valence-corrected chi connectivity index (χ0v) is 11.6. The summed E-state index contributed by atoms with van der Waals surface area (Å²) in [7, 11) is -3.42. The van der Waals surface area contributed by atoms with Crippen LogP contribution >= 0.6 is 0 Å². The first-order chi connectivity index (χ1) is 9.12. The number of benzene rings is 1. The molecule has 0 amide bonds. The van der Waals surface area contributed by atoms with Crippen LogP contribution in [0.25, 0.3) is 0 Å². The van der Waals surface area contributed by atoms with Crippen LogP contribution in [0.4, 0.5) is 0 Å². The molecule has 0 aliphatic heterocycles. The highest BCUT2D eigenvalue weighted by Crippen LogP contribution is 2.20. The fourth-order valence-electron chi connectivity index (χ4n) is 2.39. The summed E-state index contributed by atoms with van der Waals surface area (Å²) in [5.41, 5.74) is 0.833. The Bertz CT molecular complexity index is 552. The third-order valence-corrected chi connectivity index (χ3v) is 4.98. The van der Waals surface area contributed by atoms with Crippen molar-refractivity contribution >= 4 is 10.0 Å². The van der Waals surface area contributed by atoms with E-state index in [1.807, 2.05) is 6.07 Å². The van der Waals surface area contributed by atoms with Crippen molar-refractivity contribution in [3.05, 3.63) is 29.8 Å². The summed E-state index contributed by atoms with van der Waals surface area (Å²) >= 11 is 0. The molecule has 102 valence electrons. The number of hydrogen-bond donors (Lipinski definition) is 1. The van der Waals surface area contributed by atoms with E-state index in [2.05, 4.69) is 4.72 Å². The Balaban J connectivity index is 2.08. The van der Waals surface area contributed by atoms with Gasteiger partial charge in [-0.3, -0.25) is 0 Å². The third kappa shape index (κ3) is 3.79. The van der Waals surface area contributed by atoms with Crippen molar-refractivity contribution in [2.75, 3.05) is 0 Å². The van der Waals surface area contributed by atoms with Crippen LogP contribution < -0.4 is 4.72 Å². The minimum absolute atomic E-state index is 0.0672. The monoisotopic (exact) mass is 278 g/mol. The van der Waals surface area contributed by atoms with E-state index >= 15 is 0 Å². The molecule has 1 aliphatic rings. The van der Waals surface area contributed by atoms with Crippen molar-refractivity contribution in [2.24, 2.45) is 0 Å². The molecule has 1 aromatic carbocycles. The van der Waals surface area contributed by atoms with E-state index in [0.29, 0.717) is 6.42 Å². The van der Waals surface area contributed by atoms with Gasteiger partial charge in [0, 0.05) is 6.04 Å². The van der Waals surface area contributed by atoms with Crippen LogP contribution in [-0.4, -0.2) is 14.5 Å². The second-order valence-corrected chi connectivity index (χ2v) is 6.65. The van der Waals surface area contributed by atoms with Gasteiger partial charge in [-0.1, -0.05) is 31.4 Å². The number of nitriles is 1. The molecule has 1 aromatic rings. The largest absolute Gasteiger partial charge is 0.240 e. The molecule has 0 spiro atoms. The molecular weight excluding hydrogens is 260 g/mol. The van der Waals surface area contributed by atoms with Crippen molar-refractivity contribution in [1.29, 1.82) is 5.26 Å². The average Bonchev–Trinajstić information content (AvgIpc) is 2.40. The average molecular weight is 278 g/mol. The highest BCUT2D eigenvalue weighted by atomic mass is 32.2. The van der Waals surface area contributed by atoms with Crippen molar-refractivity contribution in [1.82, 2.24) is 4.72 Å². The molecule has 4 nitrogen and oxygen atoms in total. The lowest BCUT2D eigenvalue weighted by molar-refractivity contribution is 0.412. The Morgan fingerprint density at radius 2 is 1.79 bits per heavy atom. The van der Waals surface area contributed by atoms with Gasteiger partial charge >= 0.3 is 0 Å². The lowest BCUT2D eigenvalue weighted by Crippen LogP contribution is -2.36. The third-order valence-electron chi connectivity index (χ3n) is 3.44. The number of sulfonamides is 1. The van der Waals surface area contributed by atoms with Gasteiger partial charge < -0.3 is 0 Å². The summed E-state index contributed by atoms with van der Waals surface area (Å²) in [5.74, 6) is 0. The summed E-state index contributed by atoms with van der Waals surface area (Å²) in [6, 6.07) is 8.63. The Labute approximate surface area is 114 Å². The molecule has 0 atom stereocenters. The zero-order valence-electron chi connectivity index (χ0n) is 10.8. The molecule has 19 heavy (non-hydrogen) atoms. The quantitative estimate of drug-likeness (QED) is 0.919. The van der Waals surface area contributed by atoms with Crippen LogP contribution in [0, 0.1) is 11.3 Å². The normalized spacial score (nSPS) is 17.0. The maximum absolute atomic E-state index is 12.2. The summed E-state index contributed by atoms with van der Waals surface area (Å²) in [6.07, 6.45) is 5.53. The van der Waals surface area contributed by atoms with Crippen molar-refractivity contribution in [3.63, 3.8) is 0 Å². The fourth-order valence-corrected chi connectivity index (χ4v) is 3.69. The predicted molar refractivity (Wildman–Crippen MR) is 73.0 cm³/mol. The number of nitrogens with zero attached hydrogens (tertiary/aromatic N) is 1. The minimum atomic E-state index is -3.42. The van der Waals surface area contributed by atoms with Gasteiger partial charge in [0.15, 0.2) is 0 Å². The van der Waals surface area contributed by atoms with E-state index in [0.717, 1.165) is 31.2 Å². The molecule has 1 aliphatic carbocycles. The van der Waals surface area contributed by atoms with Crippen molar-refractivity contribution in [3.8, 4) is 6.07 Å². The molecule has 1 fully saturated rings. The molecular formula is C14H18N2O2S. The lowest BCUT2D eigenvalue weighted by atomic mass is 9.96. The van der Waals surface area contributed by atoms with Crippen LogP contribution in [0.2, 0.25) is 0 Å². The molecule has 0 bridgehead atoms. The lowest BCUT2D eigenvalue weighted by Gasteiger charge is -2.22. The Kier molecular flexibility index (Phi) is 4.56. The molecule has 0 heterocycles. The van der Waals surface area contributed by atoms with Gasteiger partial charge in [-0.2, -0.15) is 5.26 Å². The van der Waals surface area contributed by atoms with Crippen LogP contribution in [0.1, 0.15) is 37.7 Å². The Hall–Kier alpha value is -1.38. The van der Waals surface area contributed by atoms with E-state index in [4.69, 9.17) is 5.26 Å². The molecule has 2 rings (SSSR count). The van der Waals surface area contributed by atoms with Crippen molar-refractivity contribution in [2.45, 2.75) is 49.5 Å². The summed E-state index contributed by atoms with van der Waals surface area (Å²) in [6.45, 7) is 0. The predicted octanol–water partition coefficient (Wildman–Crippen LogP) is 2.36. The number of rotatable bonds is 4. The van der Waals surface area contributed by atoms with Crippen LogP contribution in [0.5, 0.6) is 0 Å². The molecule has 1 saturated carbocycles. The first-order valence-electron chi connectivity index (χ1n) is 6.60. The zero-order chi connectivity index (χ0) is 13.7. The Morgan fingerprint density at radius 3 is 2.37 bits per heavy atom. The summed E-state index contributed by atoms with van der Waals surface area (Å²) in [5, 5.41) is 8.58. The summed E-state index contributed by atoms with van der Waals surface area (Å²) < 4.78 is 27.2. The van der Waals surface area contributed by atoms with Gasteiger partial charge in [-0.15, -0.1) is 0 Å². The van der Waals surface area contributed by atoms with E-state index in [1.165, 1.54) is 6.42 Å². The van der Waals surface area contributed by atoms with Gasteiger partial charge in [0.1, 0.15) is 0 Å². The van der Waals surface area contributed by atoms with Crippen LogP contribution in [0.15, 0.2) is 29.2 Å². The van der Waals surface area contributed by atoms with Gasteiger partial charge in [0.05, 0.1) is 17.4 Å². The van der Waals surface area contributed by atoms with E-state index in [9.17, 15) is 8.42 Å². The number of hydrogen-bond acceptors (Lipinski definition) is 3. The standard InChI is InChI=1S/C14H18N2O2S/c15-11-10-12-6-8-14(9-7-12)19(17,18)16-13-4-2-1-3-5-13/h6-9,13,16H,1-5,10H2. The van der Waals surface area contributed by atoms with Crippen LogP contribution in [0.3, 0.4) is 0 Å². The fraction of sp³-hybridized carbons (Fsp3) is 0.500. The maximum atomic E-state index is 12.2. The SMILES string of the molecule is N#CCc1ccc(S(=O)(=O)NC2CCCCC2)cc1. The van der Waals surface area contributed by atoms with Gasteiger partial charge in [-0.25, -0.2) is 13.1 Å². The van der Waals surface area contributed by atoms with Gasteiger partial charge in [0.2, 0.25) is 10.0 Å². The highest BCUT2D eigenvalue weighted by molar-refractivity contribution is 7.89. The minimum Gasteiger partial charge on any atom is -0.208 e. The van der Waals surface area contributed by atoms with E-state index in [1.54, 1.807) is 24.3 Å². The topological polar surface area (TPSA) is 70.0 Å². The highest BCUT2D eigenvalue weighted by Gasteiger charge is 2.21. The Morgan fingerprint density at radius 1 is 1.16 bits per heavy atom. The van der Waals surface area contributed by atoms with E-state index < -0.39 is 10.0 Å². The first kappa shape index (κ1) is 14.0. The summed E-state index contributed by atoms with van der Waals surface area (Å²) in [4.78, 5) is 0.278. The number of nitrogens with one attached hydrogen (secondary N) is 1. The molecule has 0 aromatic heterocycles. The molecule has 0 saturated heterocycles. The second kappa shape index (κ2) is 6.18.